The third-order valence-electron chi connectivity index (χ3n) is 14.5. The molecule has 4 rings (SSSR count). The first kappa shape index (κ1) is 44.9. The molecule has 1 unspecified atom stereocenters. The molecule has 4 aliphatic carbocycles. The van der Waals surface area contributed by atoms with Crippen molar-refractivity contribution in [2.24, 2.45) is 63.5 Å². The van der Waals surface area contributed by atoms with Crippen LogP contribution in [-0.2, 0) is 33.3 Å². The van der Waals surface area contributed by atoms with E-state index < -0.39 is 6.29 Å². The van der Waals surface area contributed by atoms with Gasteiger partial charge in [-0.25, -0.2) is 0 Å². The average Bonchev–Trinajstić information content (AvgIpc) is 3.49. The Morgan fingerprint density at radius 2 is 1.43 bits per heavy atom. The lowest BCUT2D eigenvalue weighted by Crippen LogP contribution is -2.63. The maximum Gasteiger partial charge on any atom is 0.307 e. The lowest BCUT2D eigenvalue weighted by molar-refractivity contribution is -0.251. The standard InChI is InChI=1S/C43H77N3O8/c1-5-6-7-8-9-10-11-12-25-51-37(47)16-13-29(2)32-14-15-33-41-34(28-36(43(32,33)4)54-40(50)20-24-46)42(3)21-17-31(52-38(48)18-22-44)26-30(42)27-35(41)53-39(49)19-23-45/h29-36,39,41,49H,5-28,44-46H2,1-4H3/t29-,30+,31-,32-,33+,34+,35-,36+,39?,41+,42+,43-/m1/s1. The SMILES string of the molecule is CCCCCCCCCCOC(=O)CC[C@@H](C)[C@H]1CC[C@H]2[C@@H]3[C@H](OC(O)CCN)C[C@@H]4C[C@H](OC(=O)CCN)CC[C@]4(C)[C@H]3C[C@H](OC(=O)CCN)[C@]12C. The number of hydrogen-bond donors (Lipinski definition) is 4. The molecule has 0 aromatic rings. The molecule has 0 heterocycles. The molecule has 0 amide bonds. The van der Waals surface area contributed by atoms with E-state index in [1.54, 1.807) is 0 Å². The maximum atomic E-state index is 13.3. The summed E-state index contributed by atoms with van der Waals surface area (Å²) in [5.74, 6) is 0.541. The maximum absolute atomic E-state index is 13.3. The first-order valence-corrected chi connectivity index (χ1v) is 21.9. The van der Waals surface area contributed by atoms with Crippen LogP contribution in [0.15, 0.2) is 0 Å². The van der Waals surface area contributed by atoms with Crippen LogP contribution in [0.4, 0.5) is 0 Å². The minimum absolute atomic E-state index is 0.0809. The van der Waals surface area contributed by atoms with E-state index in [-0.39, 0.29) is 108 Å². The fourth-order valence-electron chi connectivity index (χ4n) is 11.6. The fraction of sp³-hybridized carbons (Fsp3) is 0.930. The molecule has 12 atom stereocenters. The molecule has 0 spiro atoms. The predicted octanol–water partition coefficient (Wildman–Crippen LogP) is 6.54. The second-order valence-electron chi connectivity index (χ2n) is 17.9. The third kappa shape index (κ3) is 11.2. The summed E-state index contributed by atoms with van der Waals surface area (Å²) in [5, 5.41) is 11.0. The van der Waals surface area contributed by atoms with Gasteiger partial charge in [-0.15, -0.1) is 0 Å². The summed E-state index contributed by atoms with van der Waals surface area (Å²) in [7, 11) is 0. The zero-order chi connectivity index (χ0) is 39.3. The summed E-state index contributed by atoms with van der Waals surface area (Å²) >= 11 is 0. The highest BCUT2D eigenvalue weighted by atomic mass is 16.6. The Bertz CT molecular complexity index is 1170. The number of ether oxygens (including phenoxy) is 4. The minimum atomic E-state index is -0.967. The van der Waals surface area contributed by atoms with E-state index in [9.17, 15) is 19.5 Å². The number of aliphatic hydroxyl groups excluding tert-OH is 1. The van der Waals surface area contributed by atoms with Gasteiger partial charge >= 0.3 is 17.9 Å². The zero-order valence-electron chi connectivity index (χ0n) is 34.3. The van der Waals surface area contributed by atoms with Crippen molar-refractivity contribution in [1.82, 2.24) is 0 Å². The number of unbranched alkanes of at least 4 members (excludes halogenated alkanes) is 7. The van der Waals surface area contributed by atoms with Crippen molar-refractivity contribution in [3.63, 3.8) is 0 Å². The van der Waals surface area contributed by atoms with E-state index in [4.69, 9.17) is 36.1 Å². The molecular weight excluding hydrogens is 686 g/mol. The Morgan fingerprint density at radius 1 is 0.759 bits per heavy atom. The number of fused-ring (bicyclic) bond motifs is 5. The van der Waals surface area contributed by atoms with Crippen LogP contribution in [0, 0.1) is 46.3 Å². The van der Waals surface area contributed by atoms with E-state index in [2.05, 4.69) is 27.7 Å². The second-order valence-corrected chi connectivity index (χ2v) is 17.9. The summed E-state index contributed by atoms with van der Waals surface area (Å²) in [6, 6.07) is 0. The molecule has 0 aromatic carbocycles. The lowest BCUT2D eigenvalue weighted by atomic mass is 9.43. The molecule has 0 aliphatic heterocycles. The van der Waals surface area contributed by atoms with Gasteiger partial charge in [-0.3, -0.25) is 14.4 Å². The van der Waals surface area contributed by atoms with Crippen LogP contribution in [0.25, 0.3) is 0 Å². The van der Waals surface area contributed by atoms with Gasteiger partial charge in [0.1, 0.15) is 12.2 Å². The average molecular weight is 764 g/mol. The van der Waals surface area contributed by atoms with Crippen LogP contribution in [0.1, 0.15) is 156 Å². The molecule has 4 aliphatic rings. The number of rotatable bonds is 23. The Labute approximate surface area is 326 Å². The van der Waals surface area contributed by atoms with Crippen molar-refractivity contribution in [3.8, 4) is 0 Å². The van der Waals surface area contributed by atoms with Crippen molar-refractivity contribution >= 4 is 17.9 Å². The number of carbonyl (C=O) groups is 3. The molecule has 4 saturated carbocycles. The third-order valence-corrected chi connectivity index (χ3v) is 14.5. The first-order valence-electron chi connectivity index (χ1n) is 21.9. The summed E-state index contributed by atoms with van der Waals surface area (Å²) in [4.78, 5) is 38.6. The summed E-state index contributed by atoms with van der Waals surface area (Å²) in [6.07, 6.45) is 15.6. The van der Waals surface area contributed by atoms with Gasteiger partial charge in [0.25, 0.3) is 0 Å². The zero-order valence-corrected chi connectivity index (χ0v) is 34.3. The van der Waals surface area contributed by atoms with Crippen molar-refractivity contribution in [2.75, 3.05) is 26.2 Å². The highest BCUT2D eigenvalue weighted by Crippen LogP contribution is 2.69. The predicted molar refractivity (Wildman–Crippen MR) is 210 cm³/mol. The first-order chi connectivity index (χ1) is 25.9. The van der Waals surface area contributed by atoms with Crippen LogP contribution in [-0.4, -0.2) is 73.9 Å². The van der Waals surface area contributed by atoms with Crippen LogP contribution >= 0.6 is 0 Å². The van der Waals surface area contributed by atoms with E-state index in [0.29, 0.717) is 32.4 Å². The van der Waals surface area contributed by atoms with Crippen molar-refractivity contribution in [3.05, 3.63) is 0 Å². The number of hydrogen-bond acceptors (Lipinski definition) is 11. The largest absolute Gasteiger partial charge is 0.466 e. The fourth-order valence-corrected chi connectivity index (χ4v) is 11.6. The lowest BCUT2D eigenvalue weighted by Gasteiger charge is -2.64. The van der Waals surface area contributed by atoms with Gasteiger partial charge in [-0.05, 0) is 105 Å². The van der Waals surface area contributed by atoms with E-state index in [1.807, 2.05) is 0 Å². The second kappa shape index (κ2) is 21.7. The van der Waals surface area contributed by atoms with E-state index >= 15 is 0 Å². The molecule has 4 fully saturated rings. The van der Waals surface area contributed by atoms with Gasteiger partial charge in [-0.2, -0.15) is 0 Å². The molecule has 0 aromatic heterocycles. The molecule has 0 radical (unpaired) electrons. The van der Waals surface area contributed by atoms with Crippen LogP contribution in [0.3, 0.4) is 0 Å². The minimum Gasteiger partial charge on any atom is -0.466 e. The van der Waals surface area contributed by atoms with Gasteiger partial charge in [0.2, 0.25) is 0 Å². The summed E-state index contributed by atoms with van der Waals surface area (Å²) in [6.45, 7) is 10.5. The topological polar surface area (TPSA) is 186 Å². The molecule has 7 N–H and O–H groups in total. The van der Waals surface area contributed by atoms with Crippen LogP contribution in [0.2, 0.25) is 0 Å². The van der Waals surface area contributed by atoms with Crippen molar-refractivity contribution < 1.29 is 38.4 Å². The summed E-state index contributed by atoms with van der Waals surface area (Å²) < 4.78 is 24.6. The molecule has 54 heavy (non-hydrogen) atoms. The normalized spacial score (nSPS) is 34.2. The molecule has 11 nitrogen and oxygen atoms in total. The van der Waals surface area contributed by atoms with E-state index in [1.165, 1.54) is 38.5 Å². The Kier molecular flexibility index (Phi) is 18.0. The van der Waals surface area contributed by atoms with Crippen molar-refractivity contribution in [1.29, 1.82) is 0 Å². The van der Waals surface area contributed by atoms with Gasteiger partial charge in [0.15, 0.2) is 6.29 Å². The van der Waals surface area contributed by atoms with Crippen LogP contribution < -0.4 is 17.2 Å². The van der Waals surface area contributed by atoms with Crippen molar-refractivity contribution in [2.45, 2.75) is 181 Å². The Balaban J connectivity index is 1.50. The molecule has 0 saturated heterocycles. The van der Waals surface area contributed by atoms with Gasteiger partial charge in [0.05, 0.1) is 25.6 Å². The van der Waals surface area contributed by atoms with E-state index in [0.717, 1.165) is 57.8 Å². The number of esters is 3. The van der Waals surface area contributed by atoms with Crippen LogP contribution in [0.5, 0.6) is 0 Å². The Morgan fingerprint density at radius 3 is 2.09 bits per heavy atom. The molecule has 0 bridgehead atoms. The monoisotopic (exact) mass is 764 g/mol. The number of carbonyl (C=O) groups excluding carboxylic acids is 3. The van der Waals surface area contributed by atoms with Gasteiger partial charge in [0, 0.05) is 31.3 Å². The Hall–Kier alpha value is -1.79. The number of aliphatic hydroxyl groups is 1. The summed E-state index contributed by atoms with van der Waals surface area (Å²) in [5.41, 5.74) is 16.9. The van der Waals surface area contributed by atoms with Gasteiger partial charge < -0.3 is 41.3 Å². The van der Waals surface area contributed by atoms with Gasteiger partial charge in [-0.1, -0.05) is 72.6 Å². The highest BCUT2D eigenvalue weighted by Gasteiger charge is 2.67. The highest BCUT2D eigenvalue weighted by molar-refractivity contribution is 5.70. The number of nitrogens with two attached hydrogens (primary N) is 3. The molecular formula is C43H77N3O8. The quantitative estimate of drug-likeness (QED) is 0.0383. The smallest absolute Gasteiger partial charge is 0.307 e. The molecule has 312 valence electrons. The molecule has 11 heteroatoms.